The molecule has 264 valence electrons. The molecule has 1 N–H and O–H groups in total. The fraction of sp³-hybridized carbons (Fsp3) is 0.476. The first kappa shape index (κ1) is 41.4. The van der Waals surface area contributed by atoms with Gasteiger partial charge in [-0.1, -0.05) is 152 Å². The van der Waals surface area contributed by atoms with Crippen molar-refractivity contribution in [1.82, 2.24) is 0 Å². The Labute approximate surface area is 292 Å². The van der Waals surface area contributed by atoms with Crippen molar-refractivity contribution < 1.29 is 23.2 Å². The number of aliphatic hydroxyl groups excluding tert-OH is 1. The third-order valence-corrected chi connectivity index (χ3v) is 10.5. The van der Waals surface area contributed by atoms with Gasteiger partial charge in [0, 0.05) is 20.1 Å². The fourth-order valence-corrected chi connectivity index (χ4v) is 7.30. The van der Waals surface area contributed by atoms with E-state index in [-0.39, 0.29) is 29.0 Å². The minimum Gasteiger partial charge on any atom is -0.393 e. The lowest BCUT2D eigenvalue weighted by Gasteiger charge is -2.40. The lowest BCUT2D eigenvalue weighted by atomic mass is 9.67. The smallest absolute Gasteiger partial charge is 0.393 e. The third-order valence-electron chi connectivity index (χ3n) is 9.03. The van der Waals surface area contributed by atoms with Gasteiger partial charge in [0.25, 0.3) is 0 Å². The number of hydrogen-bond donors (Lipinski definition) is 1. The molecule has 6 heteroatoms. The van der Waals surface area contributed by atoms with Crippen LogP contribution >= 0.6 is 7.82 Å². The molecule has 0 fully saturated rings. The quantitative estimate of drug-likeness (QED) is 0.113. The molecule has 0 aromatic carbocycles. The highest BCUT2D eigenvalue weighted by atomic mass is 31.2. The van der Waals surface area contributed by atoms with Gasteiger partial charge in [0.05, 0.1) is 12.2 Å². The van der Waals surface area contributed by atoms with Crippen LogP contribution in [-0.4, -0.2) is 31.5 Å². The molecule has 2 rings (SSSR count). The summed E-state index contributed by atoms with van der Waals surface area (Å²) >= 11 is 0. The SMILES string of the molecule is COP(=O)(OC)OC1C=C(C)C(C=CC(C)=CC=CC(C)=CC=CC=C(C)C=CC=C(C)C=CC2=C(C)CC(O)CC2(C)C)C(C)(C)C1. The van der Waals surface area contributed by atoms with Crippen molar-refractivity contribution in [2.24, 2.45) is 16.7 Å². The zero-order valence-electron chi connectivity index (χ0n) is 31.5. The summed E-state index contributed by atoms with van der Waals surface area (Å²) in [6.07, 6.45) is 33.5. The lowest BCUT2D eigenvalue weighted by molar-refractivity contribution is 0.0827. The molecule has 0 aliphatic heterocycles. The minimum absolute atomic E-state index is 0.00604. The summed E-state index contributed by atoms with van der Waals surface area (Å²) in [6.45, 7) is 21.5. The molecule has 0 aromatic rings. The van der Waals surface area contributed by atoms with Crippen molar-refractivity contribution >= 4 is 7.82 Å². The average molecular weight is 677 g/mol. The molecule has 0 saturated heterocycles. The van der Waals surface area contributed by atoms with Gasteiger partial charge in [-0.2, -0.15) is 0 Å². The maximum Gasteiger partial charge on any atom is 0.474 e. The topological polar surface area (TPSA) is 65.0 Å². The molecule has 0 radical (unpaired) electrons. The molecule has 2 aliphatic rings. The van der Waals surface area contributed by atoms with Crippen LogP contribution in [0.25, 0.3) is 0 Å². The number of aliphatic hydroxyl groups is 1. The van der Waals surface area contributed by atoms with Crippen LogP contribution < -0.4 is 0 Å². The summed E-state index contributed by atoms with van der Waals surface area (Å²) in [5, 5.41) is 10.1. The standard InChI is InChI=1S/C42H61O5P/c1-31(19-15-21-33(3)23-25-39-35(5)27-37(43)29-41(39,7)8)17-13-14-18-32(2)20-16-22-34(4)24-26-40-36(6)28-38(30-42(40,9)10)47-48(44,45-11)46-12/h13-26,28,37-38,40,43H,27,29-30H2,1-12H3. The van der Waals surface area contributed by atoms with Gasteiger partial charge in [-0.15, -0.1) is 0 Å². The van der Waals surface area contributed by atoms with Crippen molar-refractivity contribution in [2.45, 2.75) is 101 Å². The van der Waals surface area contributed by atoms with Gasteiger partial charge in [-0.3, -0.25) is 13.6 Å². The van der Waals surface area contributed by atoms with Crippen LogP contribution in [0.5, 0.6) is 0 Å². The molecule has 0 spiro atoms. The highest BCUT2D eigenvalue weighted by molar-refractivity contribution is 7.48. The summed E-state index contributed by atoms with van der Waals surface area (Å²) in [4.78, 5) is 0. The molecule has 3 atom stereocenters. The van der Waals surface area contributed by atoms with E-state index in [0.717, 1.165) is 24.0 Å². The van der Waals surface area contributed by atoms with E-state index in [1.165, 1.54) is 42.1 Å². The highest BCUT2D eigenvalue weighted by Gasteiger charge is 2.39. The maximum absolute atomic E-state index is 12.5. The Balaban J connectivity index is 1.93. The van der Waals surface area contributed by atoms with Gasteiger partial charge in [0.1, 0.15) is 0 Å². The largest absolute Gasteiger partial charge is 0.474 e. The van der Waals surface area contributed by atoms with Crippen molar-refractivity contribution in [1.29, 1.82) is 0 Å². The lowest BCUT2D eigenvalue weighted by Crippen LogP contribution is -2.33. The van der Waals surface area contributed by atoms with Gasteiger partial charge in [0.15, 0.2) is 0 Å². The average Bonchev–Trinajstić information content (AvgIpc) is 2.97. The minimum atomic E-state index is -3.54. The Bertz CT molecular complexity index is 1490. The molecule has 5 nitrogen and oxygen atoms in total. The van der Waals surface area contributed by atoms with E-state index in [1.54, 1.807) is 0 Å². The van der Waals surface area contributed by atoms with E-state index in [2.05, 4.69) is 154 Å². The number of hydrogen-bond acceptors (Lipinski definition) is 5. The summed E-state index contributed by atoms with van der Waals surface area (Å²) in [6, 6.07) is 0. The predicted octanol–water partition coefficient (Wildman–Crippen LogP) is 11.8. The summed E-state index contributed by atoms with van der Waals surface area (Å²) in [5.41, 5.74) is 8.39. The Kier molecular flexibility index (Phi) is 16.2. The summed E-state index contributed by atoms with van der Waals surface area (Å²) in [7, 11) is -0.868. The summed E-state index contributed by atoms with van der Waals surface area (Å²) < 4.78 is 28.1. The normalized spacial score (nSPS) is 25.1. The van der Waals surface area contributed by atoms with Crippen LogP contribution in [-0.2, 0) is 18.1 Å². The number of allylic oxidation sites excluding steroid dienone is 20. The molecule has 2 aliphatic carbocycles. The molecule has 3 unspecified atom stereocenters. The molecule has 0 heterocycles. The molecule has 0 bridgehead atoms. The molecular formula is C42H61O5P. The highest BCUT2D eigenvalue weighted by Crippen LogP contribution is 2.52. The first-order valence-electron chi connectivity index (χ1n) is 17.0. The van der Waals surface area contributed by atoms with Gasteiger partial charge in [-0.25, -0.2) is 4.57 Å². The molecule has 0 amide bonds. The number of phosphoric acid groups is 1. The van der Waals surface area contributed by atoms with E-state index in [1.807, 2.05) is 6.08 Å². The van der Waals surface area contributed by atoms with Crippen molar-refractivity contribution in [3.8, 4) is 0 Å². The van der Waals surface area contributed by atoms with Crippen LogP contribution in [0.3, 0.4) is 0 Å². The van der Waals surface area contributed by atoms with Crippen LogP contribution in [0.15, 0.2) is 130 Å². The van der Waals surface area contributed by atoms with Crippen LogP contribution in [0.2, 0.25) is 0 Å². The zero-order valence-corrected chi connectivity index (χ0v) is 32.4. The Morgan fingerprint density at radius 1 is 0.792 bits per heavy atom. The second-order valence-corrected chi connectivity index (χ2v) is 16.5. The number of phosphoric ester groups is 1. The van der Waals surface area contributed by atoms with Gasteiger partial charge in [-0.05, 0) is 77.2 Å². The Morgan fingerprint density at radius 3 is 1.79 bits per heavy atom. The second-order valence-electron chi connectivity index (χ2n) is 14.6. The van der Waals surface area contributed by atoms with Crippen LogP contribution in [0.4, 0.5) is 0 Å². The third kappa shape index (κ3) is 13.6. The molecular weight excluding hydrogens is 615 g/mol. The first-order chi connectivity index (χ1) is 22.4. The van der Waals surface area contributed by atoms with Crippen LogP contribution in [0, 0.1) is 16.7 Å². The van der Waals surface area contributed by atoms with E-state index in [0.29, 0.717) is 6.42 Å². The van der Waals surface area contributed by atoms with Crippen molar-refractivity contribution in [2.75, 3.05) is 14.2 Å². The second kappa shape index (κ2) is 18.8. The van der Waals surface area contributed by atoms with E-state index in [4.69, 9.17) is 13.6 Å². The maximum atomic E-state index is 12.5. The Morgan fingerprint density at radius 2 is 1.29 bits per heavy atom. The van der Waals surface area contributed by atoms with E-state index < -0.39 is 7.82 Å². The molecule has 0 saturated carbocycles. The van der Waals surface area contributed by atoms with Gasteiger partial charge < -0.3 is 5.11 Å². The number of rotatable bonds is 14. The predicted molar refractivity (Wildman–Crippen MR) is 205 cm³/mol. The molecule has 0 aromatic heterocycles. The van der Waals surface area contributed by atoms with Crippen molar-refractivity contribution in [3.63, 3.8) is 0 Å². The summed E-state index contributed by atoms with van der Waals surface area (Å²) in [5.74, 6) is 0.238. The van der Waals surface area contributed by atoms with E-state index in [9.17, 15) is 9.67 Å². The van der Waals surface area contributed by atoms with Gasteiger partial charge in [0.2, 0.25) is 0 Å². The molecule has 48 heavy (non-hydrogen) atoms. The zero-order chi connectivity index (χ0) is 36.1. The first-order valence-corrected chi connectivity index (χ1v) is 18.4. The fourth-order valence-electron chi connectivity index (χ4n) is 6.51. The monoisotopic (exact) mass is 676 g/mol. The van der Waals surface area contributed by atoms with Crippen LogP contribution in [0.1, 0.15) is 88.5 Å². The van der Waals surface area contributed by atoms with Crippen molar-refractivity contribution in [3.05, 3.63) is 130 Å². The van der Waals surface area contributed by atoms with Gasteiger partial charge >= 0.3 is 7.82 Å². The van der Waals surface area contributed by atoms with E-state index >= 15 is 0 Å². The Hall–Kier alpha value is -2.79.